The maximum absolute atomic E-state index is 2.37. The van der Waals surface area contributed by atoms with Crippen LogP contribution in [-0.4, -0.2) is 25.5 Å². The first-order chi connectivity index (χ1) is 10.2. The molecule has 1 aromatic heterocycles. The summed E-state index contributed by atoms with van der Waals surface area (Å²) in [6, 6.07) is 9.12. The molecule has 0 saturated heterocycles. The SMILES string of the molecule is CN(C)CC1=C(c2cccc3ccsc23)C2CCC1CC2.Cl. The Bertz CT molecular complexity index is 692. The Morgan fingerprint density at radius 3 is 2.50 bits per heavy atom. The van der Waals surface area contributed by atoms with Crippen LogP contribution >= 0.6 is 23.7 Å². The quantitative estimate of drug-likeness (QED) is 0.721. The average molecular weight is 334 g/mol. The lowest BCUT2D eigenvalue weighted by atomic mass is 9.65. The number of hydrogen-bond donors (Lipinski definition) is 0. The van der Waals surface area contributed by atoms with Crippen LogP contribution in [0.25, 0.3) is 15.7 Å². The van der Waals surface area contributed by atoms with Crippen LogP contribution in [0.4, 0.5) is 0 Å². The van der Waals surface area contributed by atoms with Crippen LogP contribution < -0.4 is 0 Å². The predicted octanol–water partition coefficient (Wildman–Crippen LogP) is 5.46. The molecule has 1 saturated carbocycles. The molecule has 0 radical (unpaired) electrons. The molecule has 0 atom stereocenters. The smallest absolute Gasteiger partial charge is 0.0417 e. The number of rotatable bonds is 3. The van der Waals surface area contributed by atoms with E-state index in [0.717, 1.165) is 18.4 Å². The number of benzene rings is 1. The highest BCUT2D eigenvalue weighted by molar-refractivity contribution is 7.17. The van der Waals surface area contributed by atoms with E-state index in [4.69, 9.17) is 0 Å². The van der Waals surface area contributed by atoms with E-state index >= 15 is 0 Å². The van der Waals surface area contributed by atoms with Crippen LogP contribution in [0.3, 0.4) is 0 Å². The first-order valence-corrected chi connectivity index (χ1v) is 8.96. The fourth-order valence-electron chi connectivity index (χ4n) is 4.37. The van der Waals surface area contributed by atoms with Crippen molar-refractivity contribution in [2.75, 3.05) is 20.6 Å². The van der Waals surface area contributed by atoms with Crippen LogP contribution in [-0.2, 0) is 0 Å². The van der Waals surface area contributed by atoms with Gasteiger partial charge in [0.15, 0.2) is 0 Å². The molecule has 0 aliphatic heterocycles. The Hall–Kier alpha value is -0.830. The lowest BCUT2D eigenvalue weighted by Crippen LogP contribution is -2.31. The minimum Gasteiger partial charge on any atom is -0.305 e. The van der Waals surface area contributed by atoms with Crippen molar-refractivity contribution >= 4 is 39.4 Å². The molecular weight excluding hydrogens is 310 g/mol. The van der Waals surface area contributed by atoms with Crippen molar-refractivity contribution in [3.05, 3.63) is 40.8 Å². The highest BCUT2D eigenvalue weighted by Gasteiger charge is 2.36. The molecule has 1 aromatic carbocycles. The molecule has 2 bridgehead atoms. The summed E-state index contributed by atoms with van der Waals surface area (Å²) in [5, 5.41) is 3.65. The average Bonchev–Trinajstić information content (AvgIpc) is 2.96. The molecule has 1 nitrogen and oxygen atoms in total. The van der Waals surface area contributed by atoms with Gasteiger partial charge in [-0.15, -0.1) is 23.7 Å². The van der Waals surface area contributed by atoms with E-state index < -0.39 is 0 Å². The number of fused-ring (bicyclic) bond motifs is 3. The van der Waals surface area contributed by atoms with Gasteiger partial charge < -0.3 is 4.90 Å². The largest absolute Gasteiger partial charge is 0.305 e. The van der Waals surface area contributed by atoms with Crippen LogP contribution in [0.15, 0.2) is 35.2 Å². The van der Waals surface area contributed by atoms with Gasteiger partial charge in [-0.25, -0.2) is 0 Å². The molecule has 0 N–H and O–H groups in total. The summed E-state index contributed by atoms with van der Waals surface area (Å²) in [4.78, 5) is 2.35. The Kier molecular flexibility index (Phi) is 4.63. The molecule has 1 heterocycles. The van der Waals surface area contributed by atoms with E-state index in [1.165, 1.54) is 41.3 Å². The van der Waals surface area contributed by atoms with Gasteiger partial charge in [0.1, 0.15) is 0 Å². The number of likely N-dealkylation sites (N-methyl/N-ethyl adjacent to an activating group) is 1. The lowest BCUT2D eigenvalue weighted by molar-refractivity contribution is 0.300. The van der Waals surface area contributed by atoms with Gasteiger partial charge in [0, 0.05) is 11.2 Å². The van der Waals surface area contributed by atoms with Gasteiger partial charge in [0.2, 0.25) is 0 Å². The third-order valence-corrected chi connectivity index (χ3v) is 6.19. The Morgan fingerprint density at radius 1 is 1.05 bits per heavy atom. The lowest BCUT2D eigenvalue weighted by Gasteiger charge is -2.41. The van der Waals surface area contributed by atoms with Gasteiger partial charge >= 0.3 is 0 Å². The second kappa shape index (κ2) is 6.35. The van der Waals surface area contributed by atoms with Crippen molar-refractivity contribution < 1.29 is 0 Å². The number of allylic oxidation sites excluding steroid dienone is 1. The predicted molar refractivity (Wildman–Crippen MR) is 100.0 cm³/mol. The maximum Gasteiger partial charge on any atom is 0.0417 e. The van der Waals surface area contributed by atoms with Crippen LogP contribution in [0.1, 0.15) is 31.2 Å². The van der Waals surface area contributed by atoms with Crippen molar-refractivity contribution in [2.45, 2.75) is 25.7 Å². The first-order valence-electron chi connectivity index (χ1n) is 8.08. The highest BCUT2D eigenvalue weighted by Crippen LogP contribution is 2.50. The fourth-order valence-corrected chi connectivity index (χ4v) is 5.29. The standard InChI is InChI=1S/C19H23NS.ClH/c1-20(2)12-17-13-6-8-14(9-7-13)18(17)16-5-3-4-15-10-11-21-19(15)16;/h3-5,10-11,13-14H,6-9,12H2,1-2H3;1H. The maximum atomic E-state index is 2.37. The summed E-state index contributed by atoms with van der Waals surface area (Å²) < 4.78 is 1.50. The number of nitrogens with zero attached hydrogens (tertiary/aromatic N) is 1. The van der Waals surface area contributed by atoms with Gasteiger partial charge in [-0.2, -0.15) is 0 Å². The van der Waals surface area contributed by atoms with Crippen LogP contribution in [0.2, 0.25) is 0 Å². The third kappa shape index (κ3) is 2.62. The van der Waals surface area contributed by atoms with E-state index in [2.05, 4.69) is 48.6 Å². The molecule has 1 fully saturated rings. The summed E-state index contributed by atoms with van der Waals surface area (Å²) >= 11 is 1.91. The molecule has 5 rings (SSSR count). The molecule has 2 aromatic rings. The van der Waals surface area contributed by atoms with E-state index in [1.54, 1.807) is 11.1 Å². The molecule has 3 aliphatic carbocycles. The molecule has 3 heteroatoms. The van der Waals surface area contributed by atoms with Crippen molar-refractivity contribution in [3.8, 4) is 0 Å². The van der Waals surface area contributed by atoms with Gasteiger partial charge in [-0.05, 0) is 85.2 Å². The summed E-state index contributed by atoms with van der Waals surface area (Å²) in [7, 11) is 4.41. The third-order valence-electron chi connectivity index (χ3n) is 5.23. The van der Waals surface area contributed by atoms with Gasteiger partial charge in [-0.1, -0.05) is 18.2 Å². The minimum absolute atomic E-state index is 0. The molecule has 0 amide bonds. The molecule has 22 heavy (non-hydrogen) atoms. The summed E-state index contributed by atoms with van der Waals surface area (Å²) in [6.07, 6.45) is 5.63. The normalized spacial score (nSPS) is 24.1. The Labute approximate surface area is 143 Å². The Morgan fingerprint density at radius 2 is 1.77 bits per heavy atom. The van der Waals surface area contributed by atoms with Crippen LogP contribution in [0, 0.1) is 11.8 Å². The fraction of sp³-hybridized carbons (Fsp3) is 0.474. The summed E-state index contributed by atoms with van der Waals surface area (Å²) in [5.74, 6) is 1.64. The monoisotopic (exact) mass is 333 g/mol. The zero-order valence-electron chi connectivity index (χ0n) is 13.3. The Balaban J connectivity index is 0.00000144. The molecule has 0 unspecified atom stereocenters. The van der Waals surface area contributed by atoms with E-state index in [-0.39, 0.29) is 12.4 Å². The number of thiophene rings is 1. The van der Waals surface area contributed by atoms with E-state index in [0.29, 0.717) is 0 Å². The molecule has 118 valence electrons. The summed E-state index contributed by atoms with van der Waals surface area (Å²) in [6.45, 7) is 1.14. The van der Waals surface area contributed by atoms with Gasteiger partial charge in [-0.3, -0.25) is 0 Å². The molecule has 3 aliphatic rings. The second-order valence-electron chi connectivity index (χ2n) is 6.87. The van der Waals surface area contributed by atoms with Crippen molar-refractivity contribution in [2.24, 2.45) is 11.8 Å². The second-order valence-corrected chi connectivity index (χ2v) is 7.79. The van der Waals surface area contributed by atoms with Crippen LogP contribution in [0.5, 0.6) is 0 Å². The highest BCUT2D eigenvalue weighted by atomic mass is 35.5. The van der Waals surface area contributed by atoms with Gasteiger partial charge in [0.25, 0.3) is 0 Å². The van der Waals surface area contributed by atoms with E-state index in [9.17, 15) is 0 Å². The molecule has 0 spiro atoms. The number of hydrogen-bond acceptors (Lipinski definition) is 2. The summed E-state index contributed by atoms with van der Waals surface area (Å²) in [5.41, 5.74) is 4.98. The molecular formula is C19H24ClNS. The zero-order valence-corrected chi connectivity index (χ0v) is 15.0. The van der Waals surface area contributed by atoms with Crippen molar-refractivity contribution in [1.82, 2.24) is 4.90 Å². The topological polar surface area (TPSA) is 3.24 Å². The van der Waals surface area contributed by atoms with Crippen molar-refractivity contribution in [3.63, 3.8) is 0 Å². The first kappa shape index (κ1) is 16.0. The minimum atomic E-state index is 0. The van der Waals surface area contributed by atoms with E-state index in [1.807, 2.05) is 11.3 Å². The zero-order chi connectivity index (χ0) is 14.4. The number of halogens is 1. The van der Waals surface area contributed by atoms with Crippen molar-refractivity contribution in [1.29, 1.82) is 0 Å². The van der Waals surface area contributed by atoms with Gasteiger partial charge in [0.05, 0.1) is 0 Å².